The molecule has 0 radical (unpaired) electrons. The third-order valence-corrected chi connectivity index (χ3v) is 15.7. The monoisotopic (exact) mass is 935 g/mol. The maximum atomic E-state index is 14.2. The van der Waals surface area contributed by atoms with Gasteiger partial charge in [-0.05, 0) is 154 Å². The van der Waals surface area contributed by atoms with Gasteiger partial charge in [0.2, 0.25) is 0 Å². The fourth-order valence-electron chi connectivity index (χ4n) is 10.1. The molecule has 1 aromatic heterocycles. The van der Waals surface area contributed by atoms with Crippen LogP contribution in [-0.2, 0) is 29.0 Å². The van der Waals surface area contributed by atoms with Gasteiger partial charge in [-0.25, -0.2) is 9.59 Å². The van der Waals surface area contributed by atoms with E-state index in [1.165, 1.54) is 0 Å². The zero-order valence-corrected chi connectivity index (χ0v) is 41.0. The van der Waals surface area contributed by atoms with Crippen molar-refractivity contribution >= 4 is 59.6 Å². The summed E-state index contributed by atoms with van der Waals surface area (Å²) in [6.45, 7) is 21.7. The number of benzene rings is 4. The molecule has 358 valence electrons. The smallest absolute Gasteiger partial charge is 0.456 e. The molecule has 69 heavy (non-hydrogen) atoms. The number of hydrogen-bond acceptors (Lipinski definition) is 12. The second kappa shape index (κ2) is 16.6. The number of ether oxygens (including phenoxy) is 2. The molecular weight excluding hydrogens is 876 g/mol. The number of nitrogens with zero attached hydrogens (tertiary/aromatic N) is 1. The van der Waals surface area contributed by atoms with Gasteiger partial charge in [0.1, 0.15) is 22.6 Å². The molecule has 2 saturated heterocycles. The number of anilines is 1. The van der Waals surface area contributed by atoms with E-state index in [0.717, 1.165) is 29.7 Å². The second-order valence-electron chi connectivity index (χ2n) is 21.0. The molecule has 5 aliphatic rings. The molecule has 3 fully saturated rings. The van der Waals surface area contributed by atoms with E-state index in [1.807, 2.05) is 110 Å². The van der Waals surface area contributed by atoms with E-state index in [-0.39, 0.29) is 23.6 Å². The van der Waals surface area contributed by atoms with Gasteiger partial charge in [-0.15, -0.1) is 0 Å². The van der Waals surface area contributed by atoms with Gasteiger partial charge in [0.15, 0.2) is 5.60 Å². The highest BCUT2D eigenvalue weighted by atomic mass is 16.7. The Morgan fingerprint density at radius 2 is 1.14 bits per heavy atom. The van der Waals surface area contributed by atoms with E-state index in [0.29, 0.717) is 76.0 Å². The number of esters is 1. The minimum absolute atomic E-state index is 0.0455. The van der Waals surface area contributed by atoms with Gasteiger partial charge >= 0.3 is 25.8 Å². The van der Waals surface area contributed by atoms with Gasteiger partial charge in [0.05, 0.1) is 28.0 Å². The van der Waals surface area contributed by atoms with Crippen LogP contribution in [0.25, 0.3) is 11.0 Å². The van der Waals surface area contributed by atoms with Crippen LogP contribution >= 0.6 is 0 Å². The highest BCUT2D eigenvalue weighted by Crippen LogP contribution is 2.56. The number of rotatable bonds is 9. The van der Waals surface area contributed by atoms with E-state index in [2.05, 4.69) is 29.4 Å². The summed E-state index contributed by atoms with van der Waals surface area (Å²) in [4.78, 5) is 56.8. The molecule has 1 saturated carbocycles. The van der Waals surface area contributed by atoms with Crippen molar-refractivity contribution < 1.29 is 46.9 Å². The third-order valence-electron chi connectivity index (χ3n) is 15.7. The van der Waals surface area contributed by atoms with E-state index in [9.17, 15) is 19.2 Å². The number of amides is 2. The zero-order valence-electron chi connectivity index (χ0n) is 41.0. The van der Waals surface area contributed by atoms with E-state index < -0.39 is 59.7 Å². The van der Waals surface area contributed by atoms with Crippen molar-refractivity contribution in [1.82, 2.24) is 10.6 Å². The third kappa shape index (κ3) is 7.84. The highest BCUT2D eigenvalue weighted by molar-refractivity contribution is 6.62. The van der Waals surface area contributed by atoms with E-state index >= 15 is 0 Å². The molecule has 5 heterocycles. The summed E-state index contributed by atoms with van der Waals surface area (Å²) in [6.07, 6.45) is 2.38. The van der Waals surface area contributed by atoms with Crippen LogP contribution in [0, 0.1) is 0 Å². The summed E-state index contributed by atoms with van der Waals surface area (Å²) in [5, 5.41) is 6.89. The molecule has 2 amide bonds. The maximum Gasteiger partial charge on any atom is 0.494 e. The average molecular weight is 936 g/mol. The predicted octanol–water partition coefficient (Wildman–Crippen LogP) is 7.28. The normalized spacial score (nSPS) is 22.1. The Morgan fingerprint density at radius 3 is 1.67 bits per heavy atom. The number of hydrogen-bond donors (Lipinski definition) is 2. The van der Waals surface area contributed by atoms with Crippen LogP contribution in [0.3, 0.4) is 0 Å². The number of fused-ring (bicyclic) bond motifs is 7. The van der Waals surface area contributed by atoms with Crippen LogP contribution < -0.4 is 36.8 Å². The Kier molecular flexibility index (Phi) is 11.3. The summed E-state index contributed by atoms with van der Waals surface area (Å²) in [5.41, 5.74) is 0.622. The van der Waals surface area contributed by atoms with Gasteiger partial charge in [-0.3, -0.25) is 9.59 Å². The molecule has 1 aliphatic carbocycles. The van der Waals surface area contributed by atoms with Crippen molar-refractivity contribution in [1.29, 1.82) is 0 Å². The fraction of sp³-hybridized carbons (Fsp3) is 0.434. The zero-order chi connectivity index (χ0) is 49.0. The molecule has 14 nitrogen and oxygen atoms in total. The van der Waals surface area contributed by atoms with E-state index in [1.54, 1.807) is 24.3 Å². The summed E-state index contributed by atoms with van der Waals surface area (Å²) in [7, 11) is -1.37. The first-order chi connectivity index (χ1) is 32.6. The number of carbonyl (C=O) groups excluding carboxylic acids is 3. The molecule has 10 rings (SSSR count). The molecule has 2 N–H and O–H groups in total. The molecule has 0 atom stereocenters. The lowest BCUT2D eigenvalue weighted by molar-refractivity contribution is 0.00578. The van der Waals surface area contributed by atoms with E-state index in [4.69, 9.17) is 32.5 Å². The first-order valence-electron chi connectivity index (χ1n) is 24.1. The van der Waals surface area contributed by atoms with Crippen molar-refractivity contribution in [3.05, 3.63) is 123 Å². The molecule has 0 unspecified atom stereocenters. The molecule has 16 heteroatoms. The van der Waals surface area contributed by atoms with Gasteiger partial charge in [0.25, 0.3) is 11.8 Å². The largest absolute Gasteiger partial charge is 0.494 e. The van der Waals surface area contributed by atoms with Crippen LogP contribution in [-0.4, -0.2) is 79.6 Å². The molecule has 1 spiro atoms. The lowest BCUT2D eigenvalue weighted by Crippen LogP contribution is -2.44. The maximum absolute atomic E-state index is 14.2. The van der Waals surface area contributed by atoms with Gasteiger partial charge in [-0.2, -0.15) is 0 Å². The Labute approximate surface area is 403 Å². The first-order valence-corrected chi connectivity index (χ1v) is 24.1. The fourth-order valence-corrected chi connectivity index (χ4v) is 10.1. The SMILES string of the molecule is CCN(CC)c1ccc2cc(C(=O)NC3CCC(NC(=O)c4ccc5c(c4)C4(OC5=O)c5ccc(B6OC(C)(C)C(C)(C)O6)cc5Oc5cc(B6OC(C)(C)C(C)(C)O6)ccc54)CC3)c(=O)oc2c1. The van der Waals surface area contributed by atoms with Crippen LogP contribution in [0.1, 0.15) is 143 Å². The minimum atomic E-state index is -1.48. The summed E-state index contributed by atoms with van der Waals surface area (Å²) in [6, 6.07) is 23.2. The molecule has 4 aliphatic heterocycles. The van der Waals surface area contributed by atoms with Crippen molar-refractivity contribution in [3.8, 4) is 11.5 Å². The van der Waals surface area contributed by atoms with Crippen LogP contribution in [0.5, 0.6) is 11.5 Å². The highest BCUT2D eigenvalue weighted by Gasteiger charge is 2.57. The number of nitrogens with one attached hydrogen (secondary N) is 2. The Balaban J connectivity index is 0.899. The molecule has 5 aromatic rings. The second-order valence-corrected chi connectivity index (χ2v) is 21.0. The van der Waals surface area contributed by atoms with Crippen molar-refractivity contribution in [2.75, 3.05) is 18.0 Å². The lowest BCUT2D eigenvalue weighted by atomic mass is 9.72. The predicted molar refractivity (Wildman–Crippen MR) is 263 cm³/mol. The quantitative estimate of drug-likeness (QED) is 0.0865. The summed E-state index contributed by atoms with van der Waals surface area (Å²) < 4.78 is 44.6. The van der Waals surface area contributed by atoms with Crippen molar-refractivity contribution in [2.45, 2.75) is 135 Å². The molecular formula is C53H59B2N3O11. The molecule has 4 aromatic carbocycles. The van der Waals surface area contributed by atoms with Crippen molar-refractivity contribution in [3.63, 3.8) is 0 Å². The van der Waals surface area contributed by atoms with Gasteiger partial charge in [-0.1, -0.05) is 24.3 Å². The van der Waals surface area contributed by atoms with Crippen LogP contribution in [0.4, 0.5) is 5.69 Å². The van der Waals surface area contributed by atoms with Crippen molar-refractivity contribution in [2.24, 2.45) is 0 Å². The number of carbonyl (C=O) groups is 3. The Bertz CT molecular complexity index is 2870. The summed E-state index contributed by atoms with van der Waals surface area (Å²) >= 11 is 0. The Hall–Kier alpha value is -5.93. The topological polar surface area (TPSA) is 164 Å². The summed E-state index contributed by atoms with van der Waals surface area (Å²) in [5.74, 6) is -0.457. The average Bonchev–Trinajstić information content (AvgIpc) is 3.81. The standard InChI is InChI=1S/C53H59B2N3O11/c1-11-58(12-2)36-21-13-30-25-38(47(61)64-42(30)29-36)46(60)57-35-19-17-34(18-20-35)56-45(59)31-14-22-37-41(26-31)53(65-48(37)62)39-23-15-32(54-66-49(3,4)50(5,6)67-54)27-43(39)63-44-28-33(16-24-40(44)53)55-68-51(7,8)52(9,10)69-55/h13-16,21-29,34-35H,11-12,17-20H2,1-10H3,(H,56,59)(H,57,60). The Morgan fingerprint density at radius 1 is 0.623 bits per heavy atom. The van der Waals surface area contributed by atoms with Crippen LogP contribution in [0.2, 0.25) is 0 Å². The lowest BCUT2D eigenvalue weighted by Gasteiger charge is -2.37. The van der Waals surface area contributed by atoms with Crippen LogP contribution in [0.15, 0.2) is 88.1 Å². The minimum Gasteiger partial charge on any atom is -0.456 e. The molecule has 0 bridgehead atoms. The van der Waals surface area contributed by atoms with Gasteiger partial charge < -0.3 is 48.0 Å². The van der Waals surface area contributed by atoms with Gasteiger partial charge in [0, 0.05) is 64.6 Å². The first kappa shape index (κ1) is 46.8.